The Labute approximate surface area is 164 Å². The molecule has 0 aliphatic carbocycles. The Morgan fingerprint density at radius 3 is 2.14 bits per heavy atom. The van der Waals surface area contributed by atoms with Gasteiger partial charge in [0.2, 0.25) is 11.0 Å². The van der Waals surface area contributed by atoms with Crippen molar-refractivity contribution in [3.8, 4) is 0 Å². The second-order valence-corrected chi connectivity index (χ2v) is 6.42. The van der Waals surface area contributed by atoms with Crippen LogP contribution in [0.3, 0.4) is 0 Å². The first kappa shape index (κ1) is 19.4. The molecule has 2 heterocycles. The molecule has 2 aromatic carbocycles. The first-order chi connectivity index (χ1) is 13.7. The maximum atomic E-state index is 10.8. The van der Waals surface area contributed by atoms with Crippen molar-refractivity contribution >= 4 is 34.4 Å². The van der Waals surface area contributed by atoms with E-state index in [1.165, 1.54) is 5.52 Å². The molecule has 0 spiro atoms. The van der Waals surface area contributed by atoms with Gasteiger partial charge in [-0.05, 0) is 38.1 Å². The van der Waals surface area contributed by atoms with Crippen molar-refractivity contribution in [2.24, 2.45) is 0 Å². The van der Waals surface area contributed by atoms with Crippen LogP contribution in [-0.2, 0) is 13.1 Å². The summed E-state index contributed by atoms with van der Waals surface area (Å²) in [5, 5.41) is 2.13. The smallest absolute Gasteiger partial charge is 0.213 e. The van der Waals surface area contributed by atoms with Crippen LogP contribution in [0.15, 0.2) is 73.1 Å². The summed E-state index contributed by atoms with van der Waals surface area (Å²) in [6, 6.07) is 19.5. The van der Waals surface area contributed by atoms with E-state index in [9.17, 15) is 9.59 Å². The summed E-state index contributed by atoms with van der Waals surface area (Å²) in [6.07, 6.45) is 5.85. The largest absolute Gasteiger partial charge is 0.298 e. The Bertz CT molecular complexity index is 1140. The molecular formula is C24H24N2O2+2. The van der Waals surface area contributed by atoms with Crippen LogP contribution in [0.25, 0.3) is 21.8 Å². The van der Waals surface area contributed by atoms with Gasteiger partial charge in [0.1, 0.15) is 19.4 Å². The van der Waals surface area contributed by atoms with Gasteiger partial charge in [0.05, 0.1) is 5.39 Å². The fourth-order valence-electron chi connectivity index (χ4n) is 3.35. The number of nitrogens with zero attached hydrogens (tertiary/aromatic N) is 2. The van der Waals surface area contributed by atoms with Crippen LogP contribution >= 0.6 is 0 Å². The molecule has 0 atom stereocenters. The van der Waals surface area contributed by atoms with E-state index in [4.69, 9.17) is 0 Å². The van der Waals surface area contributed by atoms with Gasteiger partial charge >= 0.3 is 0 Å². The predicted molar refractivity (Wildman–Crippen MR) is 110 cm³/mol. The quantitative estimate of drug-likeness (QED) is 0.402. The molecule has 140 valence electrons. The number of hydrogen-bond donors (Lipinski definition) is 0. The third kappa shape index (κ3) is 3.96. The van der Waals surface area contributed by atoms with Gasteiger partial charge in [-0.15, -0.1) is 0 Å². The van der Waals surface area contributed by atoms with Crippen LogP contribution in [0.2, 0.25) is 0 Å². The lowest BCUT2D eigenvalue weighted by Gasteiger charge is -1.99. The minimum Gasteiger partial charge on any atom is -0.298 e. The predicted octanol–water partition coefficient (Wildman–Crippen LogP) is 3.92. The van der Waals surface area contributed by atoms with Crippen molar-refractivity contribution in [1.29, 1.82) is 0 Å². The molecule has 0 amide bonds. The molecule has 2 aromatic heterocycles. The molecule has 4 nitrogen and oxygen atoms in total. The van der Waals surface area contributed by atoms with E-state index in [0.717, 1.165) is 53.1 Å². The molecule has 0 saturated heterocycles. The molecule has 4 rings (SSSR count). The molecule has 0 bridgehead atoms. The molecule has 0 radical (unpaired) electrons. The van der Waals surface area contributed by atoms with Crippen LogP contribution in [0.4, 0.5) is 0 Å². The van der Waals surface area contributed by atoms with E-state index in [2.05, 4.69) is 23.0 Å². The van der Waals surface area contributed by atoms with Crippen LogP contribution in [-0.4, -0.2) is 12.6 Å². The molecule has 0 unspecified atom stereocenters. The summed E-state index contributed by atoms with van der Waals surface area (Å²) < 4.78 is 4.28. The molecule has 0 fully saturated rings. The van der Waals surface area contributed by atoms with Gasteiger partial charge in [0, 0.05) is 40.8 Å². The molecule has 0 N–H and O–H groups in total. The summed E-state index contributed by atoms with van der Waals surface area (Å²) in [4.78, 5) is 21.4. The molecule has 4 heteroatoms. The minimum atomic E-state index is 0.728. The van der Waals surface area contributed by atoms with Crippen molar-refractivity contribution in [2.45, 2.75) is 26.9 Å². The van der Waals surface area contributed by atoms with Crippen LogP contribution in [0, 0.1) is 0 Å². The zero-order valence-corrected chi connectivity index (χ0v) is 16.2. The lowest BCUT2D eigenvalue weighted by atomic mass is 10.1. The fraction of sp³-hybridized carbons (Fsp3) is 0.167. The van der Waals surface area contributed by atoms with Crippen molar-refractivity contribution in [2.75, 3.05) is 0 Å². The summed E-state index contributed by atoms with van der Waals surface area (Å²) >= 11 is 0. The first-order valence-electron chi connectivity index (χ1n) is 9.45. The highest BCUT2D eigenvalue weighted by Crippen LogP contribution is 2.13. The number of carbonyl (C=O) groups is 2. The normalized spacial score (nSPS) is 10.4. The molecule has 28 heavy (non-hydrogen) atoms. The summed E-state index contributed by atoms with van der Waals surface area (Å²) in [5.41, 5.74) is 3.76. The molecule has 4 aromatic rings. The summed E-state index contributed by atoms with van der Waals surface area (Å²) in [6.45, 7) is 6.05. The maximum absolute atomic E-state index is 10.8. The van der Waals surface area contributed by atoms with Crippen LogP contribution < -0.4 is 9.13 Å². The standard InChI is InChI=1S/2C12H12NO/c1-2-13-8-4-6-11-10(9-14)5-3-7-12(11)13;1-2-13-7-3-4-11-8-10(9-14)5-6-12(11)13/h2*3-9H,2H2,1H3/q2*+1. The summed E-state index contributed by atoms with van der Waals surface area (Å²) in [7, 11) is 0. The molecular weight excluding hydrogens is 348 g/mol. The Balaban J connectivity index is 0.000000161. The van der Waals surface area contributed by atoms with Gasteiger partial charge in [-0.3, -0.25) is 9.59 Å². The van der Waals surface area contributed by atoms with Crippen molar-refractivity contribution < 1.29 is 18.7 Å². The zero-order valence-electron chi connectivity index (χ0n) is 16.2. The fourth-order valence-corrected chi connectivity index (χ4v) is 3.35. The maximum Gasteiger partial charge on any atom is 0.213 e. The lowest BCUT2D eigenvalue weighted by Crippen LogP contribution is -2.32. The topological polar surface area (TPSA) is 41.9 Å². The number of hydrogen-bond acceptors (Lipinski definition) is 2. The van der Waals surface area contributed by atoms with Gasteiger partial charge in [-0.2, -0.15) is 9.13 Å². The van der Waals surface area contributed by atoms with Crippen molar-refractivity contribution in [3.05, 3.63) is 84.2 Å². The number of carbonyl (C=O) groups excluding carboxylic acids is 2. The van der Waals surface area contributed by atoms with Crippen molar-refractivity contribution in [3.63, 3.8) is 0 Å². The van der Waals surface area contributed by atoms with E-state index in [1.54, 1.807) is 0 Å². The molecule has 0 aliphatic heterocycles. The average molecular weight is 372 g/mol. The Hall–Kier alpha value is -3.40. The van der Waals surface area contributed by atoms with E-state index in [0.29, 0.717) is 0 Å². The monoisotopic (exact) mass is 372 g/mol. The van der Waals surface area contributed by atoms with E-state index >= 15 is 0 Å². The Morgan fingerprint density at radius 1 is 0.750 bits per heavy atom. The van der Waals surface area contributed by atoms with Gasteiger partial charge < -0.3 is 0 Å². The second kappa shape index (κ2) is 9.00. The highest BCUT2D eigenvalue weighted by molar-refractivity contribution is 5.95. The number of fused-ring (bicyclic) bond motifs is 2. The Morgan fingerprint density at radius 2 is 1.46 bits per heavy atom. The SMILES string of the molecule is CC[n+]1cccc2c(C=O)cccc21.CC[n+]1cccc2cc(C=O)ccc21. The van der Waals surface area contributed by atoms with Crippen molar-refractivity contribution in [1.82, 2.24) is 0 Å². The van der Waals surface area contributed by atoms with E-state index < -0.39 is 0 Å². The average Bonchev–Trinajstić information content (AvgIpc) is 2.77. The minimum absolute atomic E-state index is 0.728. The molecule has 0 aliphatic rings. The van der Waals surface area contributed by atoms with Gasteiger partial charge in [-0.1, -0.05) is 12.1 Å². The highest BCUT2D eigenvalue weighted by atomic mass is 16.1. The zero-order chi connectivity index (χ0) is 19.9. The first-order valence-corrected chi connectivity index (χ1v) is 9.45. The van der Waals surface area contributed by atoms with Crippen LogP contribution in [0.5, 0.6) is 0 Å². The highest BCUT2D eigenvalue weighted by Gasteiger charge is 2.08. The number of benzene rings is 2. The third-order valence-electron chi connectivity index (χ3n) is 4.80. The van der Waals surface area contributed by atoms with Gasteiger partial charge in [-0.25, -0.2) is 0 Å². The number of aromatic nitrogens is 2. The van der Waals surface area contributed by atoms with Gasteiger partial charge in [0.25, 0.3) is 0 Å². The number of rotatable bonds is 4. The van der Waals surface area contributed by atoms with E-state index in [1.807, 2.05) is 73.1 Å². The summed E-state index contributed by atoms with van der Waals surface area (Å²) in [5.74, 6) is 0. The molecule has 0 saturated carbocycles. The van der Waals surface area contributed by atoms with Crippen LogP contribution in [0.1, 0.15) is 34.6 Å². The Kier molecular flexibility index (Phi) is 6.22. The second-order valence-electron chi connectivity index (χ2n) is 6.42. The number of pyridine rings is 2. The number of aldehydes is 2. The third-order valence-corrected chi connectivity index (χ3v) is 4.80. The van der Waals surface area contributed by atoms with Gasteiger partial charge in [0.15, 0.2) is 18.7 Å². The lowest BCUT2D eigenvalue weighted by molar-refractivity contribution is -0.668. The number of aryl methyl sites for hydroxylation is 2. The van der Waals surface area contributed by atoms with E-state index in [-0.39, 0.29) is 0 Å².